The van der Waals surface area contributed by atoms with Gasteiger partial charge in [0, 0.05) is 36.3 Å². The van der Waals surface area contributed by atoms with E-state index in [0.29, 0.717) is 46.0 Å². The van der Waals surface area contributed by atoms with E-state index in [1.54, 1.807) is 6.92 Å². The normalized spacial score (nSPS) is 13.2. The Bertz CT molecular complexity index is 1130. The second-order valence-electron chi connectivity index (χ2n) is 6.89. The van der Waals surface area contributed by atoms with Crippen molar-refractivity contribution in [2.24, 2.45) is 7.05 Å². The van der Waals surface area contributed by atoms with Gasteiger partial charge in [0.2, 0.25) is 0 Å². The molecule has 0 spiro atoms. The Balaban J connectivity index is 1.59. The summed E-state index contributed by atoms with van der Waals surface area (Å²) in [6.07, 6.45) is 3.73. The van der Waals surface area contributed by atoms with Crippen LogP contribution >= 0.6 is 11.3 Å². The number of esters is 1. The third kappa shape index (κ3) is 3.63. The zero-order chi connectivity index (χ0) is 20.5. The van der Waals surface area contributed by atoms with Gasteiger partial charge in [0.1, 0.15) is 5.00 Å². The van der Waals surface area contributed by atoms with Gasteiger partial charge in [-0.15, -0.1) is 11.3 Å². The Morgan fingerprint density at radius 2 is 2.03 bits per heavy atom. The van der Waals surface area contributed by atoms with Gasteiger partial charge in [-0.2, -0.15) is 0 Å². The van der Waals surface area contributed by atoms with Crippen LogP contribution in [0.2, 0.25) is 0 Å². The summed E-state index contributed by atoms with van der Waals surface area (Å²) in [6.45, 7) is 1.95. The molecule has 0 radical (unpaired) electrons. The predicted molar refractivity (Wildman–Crippen MR) is 113 cm³/mol. The predicted octanol–water partition coefficient (Wildman–Crippen LogP) is 4.58. The Kier molecular flexibility index (Phi) is 5.10. The lowest BCUT2D eigenvalue weighted by Gasteiger charge is -2.12. The molecule has 7 nitrogen and oxygen atoms in total. The van der Waals surface area contributed by atoms with E-state index in [1.165, 1.54) is 0 Å². The largest absolute Gasteiger partial charge is 0.462 e. The lowest BCUT2D eigenvalue weighted by Crippen LogP contribution is -2.21. The van der Waals surface area contributed by atoms with Crippen LogP contribution in [0.1, 0.15) is 45.4 Å². The minimum atomic E-state index is -0.513. The number of thiophene rings is 1. The van der Waals surface area contributed by atoms with Crippen molar-refractivity contribution in [3.8, 4) is 0 Å². The molecule has 1 aliphatic rings. The molecule has 4 rings (SSSR count). The topological polar surface area (TPSA) is 89.4 Å². The van der Waals surface area contributed by atoms with E-state index < -0.39 is 12.0 Å². The maximum atomic E-state index is 12.6. The number of aromatic nitrogens is 1. The Labute approximate surface area is 171 Å². The molecule has 2 heterocycles. The number of hydrogen-bond acceptors (Lipinski definition) is 5. The highest BCUT2D eigenvalue weighted by Crippen LogP contribution is 2.38. The van der Waals surface area contributed by atoms with Crippen LogP contribution in [0.15, 0.2) is 30.5 Å². The van der Waals surface area contributed by atoms with E-state index in [9.17, 15) is 14.4 Å². The third-order valence-corrected chi connectivity index (χ3v) is 6.13. The highest BCUT2D eigenvalue weighted by molar-refractivity contribution is 7.18. The highest BCUT2D eigenvalue weighted by atomic mass is 32.1. The van der Waals surface area contributed by atoms with Gasteiger partial charge in [-0.05, 0) is 49.6 Å². The summed E-state index contributed by atoms with van der Waals surface area (Å²) in [7, 11) is 1.96. The van der Waals surface area contributed by atoms with Crippen molar-refractivity contribution < 1.29 is 19.1 Å². The maximum absolute atomic E-state index is 12.6. The average Bonchev–Trinajstić information content (AvgIpc) is 3.23. The number of fused-ring (bicyclic) bond motifs is 2. The minimum Gasteiger partial charge on any atom is -0.462 e. The van der Waals surface area contributed by atoms with Crippen LogP contribution in [0.3, 0.4) is 0 Å². The van der Waals surface area contributed by atoms with Gasteiger partial charge >= 0.3 is 12.0 Å². The molecule has 0 atom stereocenters. The van der Waals surface area contributed by atoms with Gasteiger partial charge in [-0.3, -0.25) is 10.1 Å². The van der Waals surface area contributed by atoms with E-state index in [4.69, 9.17) is 4.74 Å². The first-order valence-corrected chi connectivity index (χ1v) is 10.3. The molecule has 2 amide bonds. The fraction of sp³-hybridized carbons (Fsp3) is 0.286. The summed E-state index contributed by atoms with van der Waals surface area (Å²) in [5, 5.41) is 6.89. The molecule has 0 unspecified atom stereocenters. The van der Waals surface area contributed by atoms with E-state index in [-0.39, 0.29) is 12.4 Å². The summed E-state index contributed by atoms with van der Waals surface area (Å²) in [4.78, 5) is 37.9. The standard InChI is InChI=1S/C21H21N3O4S/c1-3-28-20(26)17-14-5-4-6-16(25)18(14)29-19(17)23-21(27)22-13-7-8-15-12(11-13)9-10-24(15)2/h7-11H,3-6H2,1-2H3,(H2,22,23,27). The fourth-order valence-corrected chi connectivity index (χ4v) is 4.80. The van der Waals surface area contributed by atoms with Gasteiger partial charge in [0.15, 0.2) is 5.78 Å². The van der Waals surface area contributed by atoms with Crippen LogP contribution in [0.5, 0.6) is 0 Å². The molecular weight excluding hydrogens is 390 g/mol. The van der Waals surface area contributed by atoms with E-state index >= 15 is 0 Å². The SMILES string of the molecule is CCOC(=O)c1c(NC(=O)Nc2ccc3c(ccn3C)c2)sc2c1CCCC2=O. The van der Waals surface area contributed by atoms with Crippen molar-refractivity contribution in [2.75, 3.05) is 17.2 Å². The smallest absolute Gasteiger partial charge is 0.341 e. The van der Waals surface area contributed by atoms with Crippen molar-refractivity contribution in [3.05, 3.63) is 46.5 Å². The molecule has 0 aliphatic heterocycles. The van der Waals surface area contributed by atoms with Crippen LogP contribution in [-0.4, -0.2) is 29.0 Å². The Morgan fingerprint density at radius 1 is 1.21 bits per heavy atom. The zero-order valence-electron chi connectivity index (χ0n) is 16.2. The number of hydrogen-bond donors (Lipinski definition) is 2. The number of ether oxygens (including phenoxy) is 1. The monoisotopic (exact) mass is 411 g/mol. The number of Topliss-reactive ketones (excluding diaryl/α,β-unsaturated/α-hetero) is 1. The molecule has 1 aliphatic carbocycles. The van der Waals surface area contributed by atoms with Crippen LogP contribution in [-0.2, 0) is 18.2 Å². The van der Waals surface area contributed by atoms with Gasteiger partial charge < -0.3 is 14.6 Å². The molecule has 2 N–H and O–H groups in total. The van der Waals surface area contributed by atoms with Crippen LogP contribution in [0.25, 0.3) is 10.9 Å². The van der Waals surface area contributed by atoms with Crippen molar-refractivity contribution in [2.45, 2.75) is 26.2 Å². The van der Waals surface area contributed by atoms with E-state index in [0.717, 1.165) is 22.2 Å². The van der Waals surface area contributed by atoms with Crippen molar-refractivity contribution in [1.82, 2.24) is 4.57 Å². The molecule has 0 saturated carbocycles. The average molecular weight is 411 g/mol. The molecular formula is C21H21N3O4S. The zero-order valence-corrected chi connectivity index (χ0v) is 17.0. The third-order valence-electron chi connectivity index (χ3n) is 4.94. The molecule has 0 bridgehead atoms. The number of aryl methyl sites for hydroxylation is 1. The first kappa shape index (κ1) is 19.2. The number of nitrogens with one attached hydrogen (secondary N) is 2. The van der Waals surface area contributed by atoms with Gasteiger partial charge in [-0.1, -0.05) is 0 Å². The number of carbonyl (C=O) groups is 3. The number of nitrogens with zero attached hydrogens (tertiary/aromatic N) is 1. The number of benzene rings is 1. The van der Waals surface area contributed by atoms with Crippen molar-refractivity contribution in [3.63, 3.8) is 0 Å². The Morgan fingerprint density at radius 3 is 2.83 bits per heavy atom. The molecule has 8 heteroatoms. The van der Waals surface area contributed by atoms with Crippen LogP contribution in [0, 0.1) is 0 Å². The fourth-order valence-electron chi connectivity index (χ4n) is 3.60. The summed E-state index contributed by atoms with van der Waals surface area (Å²) >= 11 is 1.14. The number of carbonyl (C=O) groups excluding carboxylic acids is 3. The number of anilines is 2. The number of amides is 2. The minimum absolute atomic E-state index is 0.00443. The first-order chi connectivity index (χ1) is 14.0. The molecule has 0 fully saturated rings. The maximum Gasteiger partial charge on any atom is 0.341 e. The molecule has 2 aromatic heterocycles. The van der Waals surface area contributed by atoms with Gasteiger partial charge in [0.05, 0.1) is 17.0 Å². The van der Waals surface area contributed by atoms with E-state index in [2.05, 4.69) is 10.6 Å². The van der Waals surface area contributed by atoms with Crippen molar-refractivity contribution >= 4 is 50.7 Å². The number of ketones is 1. The lowest BCUT2D eigenvalue weighted by atomic mass is 9.94. The highest BCUT2D eigenvalue weighted by Gasteiger charge is 2.30. The molecule has 3 aromatic rings. The summed E-state index contributed by atoms with van der Waals surface area (Å²) in [5.41, 5.74) is 2.68. The second kappa shape index (κ2) is 7.71. The molecule has 1 aromatic carbocycles. The van der Waals surface area contributed by atoms with Gasteiger partial charge in [-0.25, -0.2) is 9.59 Å². The second-order valence-corrected chi connectivity index (χ2v) is 7.91. The summed E-state index contributed by atoms with van der Waals surface area (Å²) in [6, 6.07) is 7.12. The summed E-state index contributed by atoms with van der Waals surface area (Å²) < 4.78 is 7.16. The van der Waals surface area contributed by atoms with Crippen LogP contribution < -0.4 is 10.6 Å². The summed E-state index contributed by atoms with van der Waals surface area (Å²) in [5.74, 6) is -0.509. The van der Waals surface area contributed by atoms with E-state index in [1.807, 2.05) is 42.1 Å². The molecule has 150 valence electrons. The first-order valence-electron chi connectivity index (χ1n) is 9.47. The molecule has 0 saturated heterocycles. The number of urea groups is 1. The quantitative estimate of drug-likeness (QED) is 0.615. The van der Waals surface area contributed by atoms with Crippen molar-refractivity contribution in [1.29, 1.82) is 0 Å². The number of rotatable bonds is 4. The molecule has 29 heavy (non-hydrogen) atoms. The lowest BCUT2D eigenvalue weighted by molar-refractivity contribution is 0.0527. The van der Waals surface area contributed by atoms with Crippen LogP contribution in [0.4, 0.5) is 15.5 Å². The van der Waals surface area contributed by atoms with Gasteiger partial charge in [0.25, 0.3) is 0 Å². The Hall–Kier alpha value is -3.13.